The summed E-state index contributed by atoms with van der Waals surface area (Å²) in [5.41, 5.74) is 2.89. The van der Waals surface area contributed by atoms with Crippen molar-refractivity contribution in [3.63, 3.8) is 0 Å². The Morgan fingerprint density at radius 3 is 2.88 bits per heavy atom. The summed E-state index contributed by atoms with van der Waals surface area (Å²) in [6.45, 7) is 9.96. The van der Waals surface area contributed by atoms with E-state index in [1.807, 2.05) is 0 Å². The molecule has 0 aromatic heterocycles. The van der Waals surface area contributed by atoms with Gasteiger partial charge in [0.05, 0.1) is 0 Å². The van der Waals surface area contributed by atoms with Gasteiger partial charge in [-0.05, 0) is 44.0 Å². The molecule has 2 nitrogen and oxygen atoms in total. The average molecular weight is 297 g/mol. The number of rotatable bonds is 2. The second kappa shape index (κ2) is 4.99. The lowest BCUT2D eigenvalue weighted by atomic mass is 9.95. The highest BCUT2D eigenvalue weighted by Gasteiger charge is 2.28. The lowest BCUT2D eigenvalue weighted by Crippen LogP contribution is -2.58. The van der Waals surface area contributed by atoms with Crippen LogP contribution in [-0.4, -0.2) is 25.2 Å². The minimum absolute atomic E-state index is 0.249. The molecule has 1 saturated heterocycles. The highest BCUT2D eigenvalue weighted by atomic mass is 79.9. The molecule has 94 valence electrons. The maximum absolute atomic E-state index is 3.62. The number of aryl methyl sites for hydroxylation is 1. The number of hydrogen-bond acceptors (Lipinski definition) is 2. The summed E-state index contributed by atoms with van der Waals surface area (Å²) in [7, 11) is 0. The fourth-order valence-electron chi connectivity index (χ4n) is 2.33. The largest absolute Gasteiger partial charge is 0.368 e. The summed E-state index contributed by atoms with van der Waals surface area (Å²) in [5, 5.41) is 3.62. The number of halogens is 1. The van der Waals surface area contributed by atoms with Crippen LogP contribution in [0.3, 0.4) is 0 Å². The van der Waals surface area contributed by atoms with E-state index >= 15 is 0 Å². The van der Waals surface area contributed by atoms with Crippen molar-refractivity contribution in [2.24, 2.45) is 0 Å². The molecular formula is C14H21BrN2. The zero-order valence-corrected chi connectivity index (χ0v) is 12.5. The molecule has 0 amide bonds. The van der Waals surface area contributed by atoms with Crippen LogP contribution < -0.4 is 10.2 Å². The summed E-state index contributed by atoms with van der Waals surface area (Å²) >= 11 is 3.56. The predicted octanol–water partition coefficient (Wildman–Crippen LogP) is 3.34. The number of nitrogens with zero attached hydrogens (tertiary/aromatic N) is 1. The maximum atomic E-state index is 3.62. The highest BCUT2D eigenvalue weighted by molar-refractivity contribution is 9.10. The summed E-state index contributed by atoms with van der Waals surface area (Å²) in [4.78, 5) is 2.49. The Labute approximate surface area is 113 Å². The van der Waals surface area contributed by atoms with Crippen LogP contribution in [0.15, 0.2) is 22.7 Å². The van der Waals surface area contributed by atoms with Gasteiger partial charge in [0, 0.05) is 35.3 Å². The second-order valence-electron chi connectivity index (χ2n) is 5.20. The summed E-state index contributed by atoms with van der Waals surface area (Å²) in [6, 6.07) is 6.62. The molecule has 17 heavy (non-hydrogen) atoms. The highest BCUT2D eigenvalue weighted by Crippen LogP contribution is 2.26. The number of hydrogen-bond donors (Lipinski definition) is 1. The molecule has 0 bridgehead atoms. The van der Waals surface area contributed by atoms with Gasteiger partial charge in [-0.25, -0.2) is 0 Å². The molecule has 0 aliphatic carbocycles. The van der Waals surface area contributed by atoms with Gasteiger partial charge in [0.2, 0.25) is 0 Å². The smallest absolute Gasteiger partial charge is 0.0370 e. The van der Waals surface area contributed by atoms with Crippen molar-refractivity contribution in [1.29, 1.82) is 0 Å². The molecule has 3 heteroatoms. The van der Waals surface area contributed by atoms with Gasteiger partial charge < -0.3 is 10.2 Å². The van der Waals surface area contributed by atoms with Crippen molar-refractivity contribution in [2.75, 3.05) is 24.5 Å². The molecule has 2 rings (SSSR count). The van der Waals surface area contributed by atoms with Crippen molar-refractivity contribution >= 4 is 21.6 Å². The van der Waals surface area contributed by atoms with E-state index in [1.165, 1.54) is 22.1 Å². The quantitative estimate of drug-likeness (QED) is 0.900. The van der Waals surface area contributed by atoms with Crippen LogP contribution in [0.4, 0.5) is 5.69 Å². The second-order valence-corrected chi connectivity index (χ2v) is 6.05. The van der Waals surface area contributed by atoms with E-state index in [0.29, 0.717) is 0 Å². The zero-order chi connectivity index (χ0) is 12.5. The molecule has 1 atom stereocenters. The van der Waals surface area contributed by atoms with Gasteiger partial charge in [-0.15, -0.1) is 0 Å². The van der Waals surface area contributed by atoms with E-state index in [1.54, 1.807) is 0 Å². The number of nitrogens with one attached hydrogen (secondary N) is 1. The molecule has 1 aliphatic heterocycles. The van der Waals surface area contributed by atoms with Crippen molar-refractivity contribution in [2.45, 2.75) is 32.7 Å². The van der Waals surface area contributed by atoms with Crippen molar-refractivity contribution in [3.8, 4) is 0 Å². The van der Waals surface area contributed by atoms with Crippen LogP contribution in [-0.2, 0) is 0 Å². The van der Waals surface area contributed by atoms with Crippen LogP contribution in [0.1, 0.15) is 25.8 Å². The van der Waals surface area contributed by atoms with E-state index in [0.717, 1.165) is 19.6 Å². The first-order chi connectivity index (χ1) is 8.04. The molecule has 0 saturated carbocycles. The topological polar surface area (TPSA) is 15.3 Å². The molecule has 1 N–H and O–H groups in total. The van der Waals surface area contributed by atoms with E-state index in [2.05, 4.69) is 65.1 Å². The van der Waals surface area contributed by atoms with Crippen LogP contribution in [0.5, 0.6) is 0 Å². The monoisotopic (exact) mass is 296 g/mol. The molecule has 1 aromatic carbocycles. The van der Waals surface area contributed by atoms with Gasteiger partial charge >= 0.3 is 0 Å². The fourth-order valence-corrected chi connectivity index (χ4v) is 2.58. The zero-order valence-electron chi connectivity index (χ0n) is 10.9. The third-order valence-electron chi connectivity index (χ3n) is 3.76. The van der Waals surface area contributed by atoms with Gasteiger partial charge in [-0.3, -0.25) is 0 Å². The minimum Gasteiger partial charge on any atom is -0.368 e. The number of benzene rings is 1. The Morgan fingerprint density at radius 2 is 2.24 bits per heavy atom. The minimum atomic E-state index is 0.249. The van der Waals surface area contributed by atoms with Crippen LogP contribution >= 0.6 is 15.9 Å². The molecule has 0 spiro atoms. The normalized spacial score (nSPS) is 25.1. The SMILES string of the molecule is CCC1(C)CN(c2ccc(Br)c(C)c2)CCN1. The number of piperazine rings is 1. The summed E-state index contributed by atoms with van der Waals surface area (Å²) in [6.07, 6.45) is 1.17. The molecular weight excluding hydrogens is 276 g/mol. The predicted molar refractivity (Wildman–Crippen MR) is 77.8 cm³/mol. The fraction of sp³-hybridized carbons (Fsp3) is 0.571. The van der Waals surface area contributed by atoms with Crippen molar-refractivity contribution in [1.82, 2.24) is 5.32 Å². The third kappa shape index (κ3) is 2.83. The Hall–Kier alpha value is -0.540. The molecule has 1 heterocycles. The molecule has 1 aromatic rings. The standard InChI is InChI=1S/C14H21BrN2/c1-4-14(3)10-17(8-7-16-14)12-5-6-13(15)11(2)9-12/h5-6,9,16H,4,7-8,10H2,1-3H3. The van der Waals surface area contributed by atoms with Gasteiger partial charge in [-0.2, -0.15) is 0 Å². The average Bonchev–Trinajstić information content (AvgIpc) is 2.33. The Balaban J connectivity index is 2.19. The van der Waals surface area contributed by atoms with E-state index in [9.17, 15) is 0 Å². The first kappa shape index (κ1) is 12.9. The summed E-state index contributed by atoms with van der Waals surface area (Å²) in [5.74, 6) is 0. The van der Waals surface area contributed by atoms with Crippen LogP contribution in [0.25, 0.3) is 0 Å². The Kier molecular flexibility index (Phi) is 3.79. The lowest BCUT2D eigenvalue weighted by molar-refractivity contribution is 0.314. The van der Waals surface area contributed by atoms with E-state index in [-0.39, 0.29) is 5.54 Å². The van der Waals surface area contributed by atoms with Gasteiger partial charge in [0.25, 0.3) is 0 Å². The van der Waals surface area contributed by atoms with E-state index in [4.69, 9.17) is 0 Å². The van der Waals surface area contributed by atoms with Crippen LogP contribution in [0, 0.1) is 6.92 Å². The molecule has 1 aliphatic rings. The molecule has 1 unspecified atom stereocenters. The first-order valence-corrected chi connectivity index (χ1v) is 7.09. The van der Waals surface area contributed by atoms with Crippen LogP contribution in [0.2, 0.25) is 0 Å². The van der Waals surface area contributed by atoms with Crippen molar-refractivity contribution in [3.05, 3.63) is 28.2 Å². The maximum Gasteiger partial charge on any atom is 0.0370 e. The Morgan fingerprint density at radius 1 is 1.47 bits per heavy atom. The first-order valence-electron chi connectivity index (χ1n) is 6.30. The summed E-state index contributed by atoms with van der Waals surface area (Å²) < 4.78 is 1.19. The molecule has 1 fully saturated rings. The Bertz CT molecular complexity index is 405. The van der Waals surface area contributed by atoms with Gasteiger partial charge in [0.1, 0.15) is 0 Å². The number of anilines is 1. The lowest BCUT2D eigenvalue weighted by Gasteiger charge is -2.42. The van der Waals surface area contributed by atoms with Gasteiger partial charge in [-0.1, -0.05) is 22.9 Å². The van der Waals surface area contributed by atoms with E-state index < -0.39 is 0 Å². The molecule has 0 radical (unpaired) electrons. The third-order valence-corrected chi connectivity index (χ3v) is 4.65. The van der Waals surface area contributed by atoms with Gasteiger partial charge in [0.15, 0.2) is 0 Å². The van der Waals surface area contributed by atoms with Crippen molar-refractivity contribution < 1.29 is 0 Å².